The van der Waals surface area contributed by atoms with Crippen LogP contribution in [0.4, 0.5) is 26.3 Å². The number of para-hydroxylation sites is 1. The molecule has 0 unspecified atom stereocenters. The maximum atomic E-state index is 14.3. The average molecular weight is 618 g/mol. The minimum atomic E-state index is -5.37. The van der Waals surface area contributed by atoms with Crippen molar-refractivity contribution < 1.29 is 50.5 Å². The van der Waals surface area contributed by atoms with Crippen LogP contribution in [0.5, 0.6) is 5.75 Å². The number of carboxylic acid groups (broad SMARTS) is 1. The maximum absolute atomic E-state index is 14.3. The molecule has 2 aromatic carbocycles. The lowest BCUT2D eigenvalue weighted by Gasteiger charge is -2.26. The first-order valence-corrected chi connectivity index (χ1v) is 14.1. The lowest BCUT2D eigenvalue weighted by Crippen LogP contribution is -2.39. The smallest absolute Gasteiger partial charge is 0.418 e. The van der Waals surface area contributed by atoms with Crippen molar-refractivity contribution in [2.75, 3.05) is 32.9 Å². The van der Waals surface area contributed by atoms with Gasteiger partial charge < -0.3 is 19.5 Å². The molecule has 0 bridgehead atoms. The number of morpholine rings is 1. The molecule has 0 spiro atoms. The molecule has 2 fully saturated rings. The van der Waals surface area contributed by atoms with E-state index in [1.165, 1.54) is 17.0 Å². The van der Waals surface area contributed by atoms with E-state index in [1.54, 1.807) is 12.1 Å². The van der Waals surface area contributed by atoms with Crippen molar-refractivity contribution in [3.8, 4) is 5.75 Å². The van der Waals surface area contributed by atoms with Crippen LogP contribution in [0.25, 0.3) is 6.08 Å². The first kappa shape index (κ1) is 31.7. The van der Waals surface area contributed by atoms with Gasteiger partial charge in [-0.25, -0.2) is 0 Å². The van der Waals surface area contributed by atoms with E-state index < -0.39 is 51.7 Å². The van der Waals surface area contributed by atoms with Gasteiger partial charge in [-0.15, -0.1) is 0 Å². The van der Waals surface area contributed by atoms with Crippen LogP contribution in [-0.4, -0.2) is 54.8 Å². The van der Waals surface area contributed by atoms with Crippen LogP contribution < -0.4 is 4.74 Å². The van der Waals surface area contributed by atoms with Crippen LogP contribution in [0, 0.1) is 11.8 Å². The Bertz CT molecular complexity index is 1300. The van der Waals surface area contributed by atoms with Crippen molar-refractivity contribution in [1.29, 1.82) is 0 Å². The van der Waals surface area contributed by atoms with Crippen LogP contribution in [0.2, 0.25) is 0 Å². The number of hydrogen-bond donors (Lipinski definition) is 1. The van der Waals surface area contributed by atoms with Gasteiger partial charge in [-0.2, -0.15) is 26.3 Å². The molecule has 1 aliphatic carbocycles. The van der Waals surface area contributed by atoms with Crippen molar-refractivity contribution in [1.82, 2.24) is 4.90 Å². The lowest BCUT2D eigenvalue weighted by atomic mass is 9.82. The van der Waals surface area contributed by atoms with E-state index in [2.05, 4.69) is 0 Å². The Morgan fingerprint density at radius 1 is 0.929 bits per heavy atom. The van der Waals surface area contributed by atoms with Crippen molar-refractivity contribution in [3.05, 3.63) is 59.2 Å². The van der Waals surface area contributed by atoms with Gasteiger partial charge in [0.05, 0.1) is 41.8 Å². The number of benzene rings is 2. The number of rotatable bonds is 8. The molecular weight excluding hydrogens is 588 g/mol. The van der Waals surface area contributed by atoms with Gasteiger partial charge >= 0.3 is 18.3 Å². The normalized spacial score (nSPS) is 20.1. The Labute approximate surface area is 242 Å². The first-order valence-electron chi connectivity index (χ1n) is 13.3. The first-order chi connectivity index (χ1) is 19.8. The highest BCUT2D eigenvalue weighted by molar-refractivity contribution is 7.99. The summed E-state index contributed by atoms with van der Waals surface area (Å²) in [6.07, 6.45) is -6.90. The Kier molecular flexibility index (Phi) is 10.1. The molecule has 1 N–H and O–H groups in total. The molecule has 6 nitrogen and oxygen atoms in total. The molecule has 1 saturated carbocycles. The monoisotopic (exact) mass is 617 g/mol. The predicted molar refractivity (Wildman–Crippen MR) is 142 cm³/mol. The third kappa shape index (κ3) is 8.00. The maximum Gasteiger partial charge on any atom is 0.418 e. The van der Waals surface area contributed by atoms with Crippen molar-refractivity contribution in [3.63, 3.8) is 0 Å². The summed E-state index contributed by atoms with van der Waals surface area (Å²) in [6.45, 7) is 1.17. The molecule has 13 heteroatoms. The molecule has 42 heavy (non-hydrogen) atoms. The summed E-state index contributed by atoms with van der Waals surface area (Å²) < 4.78 is 96.5. The minimum Gasteiger partial charge on any atom is -0.492 e. The third-order valence-electron chi connectivity index (χ3n) is 7.23. The summed E-state index contributed by atoms with van der Waals surface area (Å²) in [5.74, 6) is -1.62. The van der Waals surface area contributed by atoms with E-state index in [1.807, 2.05) is 0 Å². The number of aliphatic carboxylic acids is 1. The molecular formula is C29H29F6NO5S. The summed E-state index contributed by atoms with van der Waals surface area (Å²) in [4.78, 5) is 24.5. The fourth-order valence-corrected chi connectivity index (χ4v) is 6.08. The van der Waals surface area contributed by atoms with Crippen molar-refractivity contribution >= 4 is 29.7 Å². The number of amides is 1. The Balaban J connectivity index is 1.61. The fraction of sp³-hybridized carbons (Fsp3) is 0.448. The third-order valence-corrected chi connectivity index (χ3v) is 8.35. The van der Waals surface area contributed by atoms with Crippen LogP contribution >= 0.6 is 11.8 Å². The average Bonchev–Trinajstić information content (AvgIpc) is 2.95. The van der Waals surface area contributed by atoms with Gasteiger partial charge in [0.25, 0.3) is 0 Å². The van der Waals surface area contributed by atoms with Crippen LogP contribution in [0.3, 0.4) is 0 Å². The molecule has 0 aromatic heterocycles. The molecule has 1 aliphatic heterocycles. The zero-order chi connectivity index (χ0) is 30.5. The van der Waals surface area contributed by atoms with E-state index in [0.29, 0.717) is 37.4 Å². The number of hydrogen-bond acceptors (Lipinski definition) is 5. The largest absolute Gasteiger partial charge is 0.492 e. The van der Waals surface area contributed by atoms with Gasteiger partial charge in [-0.3, -0.25) is 9.59 Å². The Morgan fingerprint density at radius 2 is 1.57 bits per heavy atom. The molecule has 1 heterocycles. The quantitative estimate of drug-likeness (QED) is 0.254. The summed E-state index contributed by atoms with van der Waals surface area (Å²) >= 11 is 0.509. The molecule has 1 amide bonds. The molecule has 4 rings (SSSR count). The second-order valence-electron chi connectivity index (χ2n) is 10.1. The van der Waals surface area contributed by atoms with Gasteiger partial charge in [0.15, 0.2) is 0 Å². The minimum absolute atomic E-state index is 0.0486. The number of ether oxygens (including phenoxy) is 2. The second-order valence-corrected chi connectivity index (χ2v) is 11.2. The zero-order valence-electron chi connectivity index (χ0n) is 22.3. The number of carbonyl (C=O) groups is 2. The van der Waals surface area contributed by atoms with Crippen molar-refractivity contribution in [2.45, 2.75) is 47.8 Å². The standard InChI is InChI=1S/C29H29F6NO5S/c30-28(31,32)25-19(10-12-24(37)36-13-15-40-16-14-36)9-11-23(26(25)29(33,34)35)42-22-4-2-1-3-21(22)41-17-18-5-7-20(8-6-18)27(38)39/h1-4,9-12,18,20H,5-8,13-17H2,(H,38,39)/b12-10+. The van der Waals surface area contributed by atoms with E-state index in [9.17, 15) is 41.0 Å². The van der Waals surface area contributed by atoms with Gasteiger partial charge in [-0.1, -0.05) is 30.0 Å². The molecule has 0 atom stereocenters. The summed E-state index contributed by atoms with van der Waals surface area (Å²) in [7, 11) is 0. The summed E-state index contributed by atoms with van der Waals surface area (Å²) in [5.41, 5.74) is -4.50. The van der Waals surface area contributed by atoms with E-state index >= 15 is 0 Å². The second kappa shape index (κ2) is 13.4. The van der Waals surface area contributed by atoms with Gasteiger partial charge in [0.2, 0.25) is 5.91 Å². The molecule has 1 saturated heterocycles. The SMILES string of the molecule is O=C(O)C1CCC(COc2ccccc2Sc2ccc(/C=C/C(=O)N3CCOCC3)c(C(F)(F)F)c2C(F)(F)F)CC1. The number of halogens is 6. The summed E-state index contributed by atoms with van der Waals surface area (Å²) in [6, 6.07) is 8.02. The topological polar surface area (TPSA) is 76.1 Å². The highest BCUT2D eigenvalue weighted by Crippen LogP contribution is 2.49. The van der Waals surface area contributed by atoms with E-state index in [-0.39, 0.29) is 49.5 Å². The number of nitrogens with zero attached hydrogens (tertiary/aromatic N) is 1. The molecule has 0 radical (unpaired) electrons. The number of alkyl halides is 6. The number of carbonyl (C=O) groups excluding carboxylic acids is 1. The number of carboxylic acids is 1. The van der Waals surface area contributed by atoms with E-state index in [4.69, 9.17) is 9.47 Å². The summed E-state index contributed by atoms with van der Waals surface area (Å²) in [5, 5.41) is 9.17. The van der Waals surface area contributed by atoms with Gasteiger partial charge in [0.1, 0.15) is 5.75 Å². The fourth-order valence-electron chi connectivity index (χ4n) is 5.02. The highest BCUT2D eigenvalue weighted by Gasteiger charge is 2.46. The van der Waals surface area contributed by atoms with E-state index in [0.717, 1.165) is 24.3 Å². The Hall–Kier alpha value is -3.19. The molecule has 228 valence electrons. The van der Waals surface area contributed by atoms with Crippen LogP contribution in [-0.2, 0) is 26.7 Å². The zero-order valence-corrected chi connectivity index (χ0v) is 23.2. The predicted octanol–water partition coefficient (Wildman–Crippen LogP) is 7.02. The van der Waals surface area contributed by atoms with Gasteiger partial charge in [-0.05, 0) is 61.4 Å². The molecule has 2 aromatic rings. The Morgan fingerprint density at radius 3 is 2.19 bits per heavy atom. The van der Waals surface area contributed by atoms with Crippen molar-refractivity contribution in [2.24, 2.45) is 11.8 Å². The lowest BCUT2D eigenvalue weighted by molar-refractivity contribution is -0.163. The van der Waals surface area contributed by atoms with Crippen LogP contribution in [0.15, 0.2) is 52.3 Å². The van der Waals surface area contributed by atoms with Crippen LogP contribution in [0.1, 0.15) is 42.4 Å². The molecule has 2 aliphatic rings. The highest BCUT2D eigenvalue weighted by atomic mass is 32.2. The van der Waals surface area contributed by atoms with Gasteiger partial charge in [0, 0.05) is 24.1 Å².